The smallest absolute Gasteiger partial charge is 0.323 e. The van der Waals surface area contributed by atoms with Crippen molar-refractivity contribution in [3.8, 4) is 20.9 Å². The molecule has 1 atom stereocenters. The number of aryl methyl sites for hydroxylation is 1. The van der Waals surface area contributed by atoms with Crippen LogP contribution in [0.1, 0.15) is 21.7 Å². The molecule has 0 aliphatic carbocycles. The molecule has 3 aromatic carbocycles. The lowest BCUT2D eigenvalue weighted by molar-refractivity contribution is -0.140. The Morgan fingerprint density at radius 3 is 1.70 bits per heavy atom. The quantitative estimate of drug-likeness (QED) is 0.0980. The standard InChI is InChI=1S/C40H28N2O6S6/c1-22-2-8-25(9-3-22)42(26-10-4-23(5-11-26)31-16-14-28(51-31)18-33-37(47)30(20-35(43)44)39(49)53-33)27-12-6-24(7-13-27)32-17-15-29(52-32)19-34-38(48)41(21-36(45)46)40(50)54-34/h2-19,30H,20-21H2,1H3,(H,43,44)(H,45,46)/b33-18+,34-19-. The van der Waals surface area contributed by atoms with Crippen LogP contribution in [0.5, 0.6) is 0 Å². The monoisotopic (exact) mass is 824 g/mol. The molecule has 0 spiro atoms. The summed E-state index contributed by atoms with van der Waals surface area (Å²) >= 11 is 15.9. The summed E-state index contributed by atoms with van der Waals surface area (Å²) in [5, 5.41) is 18.3. The van der Waals surface area contributed by atoms with Crippen LogP contribution >= 0.6 is 70.6 Å². The number of thiophene rings is 2. The Morgan fingerprint density at radius 1 is 0.704 bits per heavy atom. The normalized spacial score (nSPS) is 17.3. The molecule has 2 saturated heterocycles. The fourth-order valence-electron chi connectivity index (χ4n) is 5.85. The van der Waals surface area contributed by atoms with Crippen LogP contribution < -0.4 is 4.90 Å². The number of rotatable bonds is 11. The summed E-state index contributed by atoms with van der Waals surface area (Å²) in [6.45, 7) is 1.60. The van der Waals surface area contributed by atoms with Gasteiger partial charge in [0, 0.05) is 36.6 Å². The van der Waals surface area contributed by atoms with E-state index in [2.05, 4.69) is 84.6 Å². The molecule has 2 aromatic heterocycles. The van der Waals surface area contributed by atoms with Gasteiger partial charge in [-0.15, -0.1) is 22.7 Å². The van der Waals surface area contributed by atoms with Gasteiger partial charge in [0.25, 0.3) is 5.91 Å². The number of aliphatic carboxylic acids is 2. The summed E-state index contributed by atoms with van der Waals surface area (Å²) in [5.74, 6) is -3.56. The van der Waals surface area contributed by atoms with Crippen molar-refractivity contribution in [3.05, 3.63) is 122 Å². The van der Waals surface area contributed by atoms with Gasteiger partial charge >= 0.3 is 11.9 Å². The maximum Gasteiger partial charge on any atom is 0.323 e. The lowest BCUT2D eigenvalue weighted by Gasteiger charge is -2.26. The highest BCUT2D eigenvalue weighted by Gasteiger charge is 2.37. The van der Waals surface area contributed by atoms with Crippen molar-refractivity contribution >= 4 is 132 Å². The number of nitrogens with zero attached hydrogens (tertiary/aromatic N) is 2. The minimum absolute atomic E-state index is 0.233. The first-order valence-electron chi connectivity index (χ1n) is 16.4. The zero-order valence-corrected chi connectivity index (χ0v) is 33.2. The molecule has 1 unspecified atom stereocenters. The van der Waals surface area contributed by atoms with Gasteiger partial charge in [-0.2, -0.15) is 0 Å². The summed E-state index contributed by atoms with van der Waals surface area (Å²) in [4.78, 5) is 55.9. The Labute approximate surface area is 337 Å². The van der Waals surface area contributed by atoms with Gasteiger partial charge in [0.15, 0.2) is 5.78 Å². The van der Waals surface area contributed by atoms with Crippen molar-refractivity contribution in [1.29, 1.82) is 0 Å². The topological polar surface area (TPSA) is 115 Å². The summed E-state index contributed by atoms with van der Waals surface area (Å²) in [6, 6.07) is 32.9. The zero-order chi connectivity index (χ0) is 38.1. The first-order valence-corrected chi connectivity index (χ1v) is 20.5. The Morgan fingerprint density at radius 2 is 1.20 bits per heavy atom. The van der Waals surface area contributed by atoms with E-state index in [1.165, 1.54) is 23.1 Å². The number of hydrogen-bond donors (Lipinski definition) is 2. The lowest BCUT2D eigenvalue weighted by Crippen LogP contribution is -2.33. The number of anilines is 3. The van der Waals surface area contributed by atoms with Gasteiger partial charge < -0.3 is 15.1 Å². The van der Waals surface area contributed by atoms with E-state index in [1.54, 1.807) is 23.5 Å². The summed E-state index contributed by atoms with van der Waals surface area (Å²) in [7, 11) is 0. The van der Waals surface area contributed by atoms with Crippen LogP contribution in [0.2, 0.25) is 0 Å². The molecular formula is C40H28N2O6S6. The van der Waals surface area contributed by atoms with Crippen LogP contribution in [0.4, 0.5) is 17.1 Å². The molecule has 14 heteroatoms. The van der Waals surface area contributed by atoms with Crippen LogP contribution in [0.3, 0.4) is 0 Å². The van der Waals surface area contributed by atoms with E-state index in [-0.39, 0.29) is 16.5 Å². The maximum atomic E-state index is 12.8. The Kier molecular flexibility index (Phi) is 11.1. The fraction of sp³-hybridized carbons (Fsp3) is 0.100. The number of thiocarbonyl (C=S) groups is 2. The number of carbonyl (C=O) groups is 4. The fourth-order valence-corrected chi connectivity index (χ4v) is 10.6. The number of Topliss-reactive ketones (excluding diaryl/α,β-unsaturated/α-hetero) is 1. The van der Waals surface area contributed by atoms with Crippen molar-refractivity contribution in [2.45, 2.75) is 13.3 Å². The minimum atomic E-state index is -1.12. The first-order chi connectivity index (χ1) is 25.9. The average molecular weight is 825 g/mol. The van der Waals surface area contributed by atoms with E-state index in [9.17, 15) is 19.2 Å². The molecule has 0 bridgehead atoms. The number of carbonyl (C=O) groups excluding carboxylic acids is 2. The number of carboxylic acid groups (broad SMARTS) is 2. The van der Waals surface area contributed by atoms with Crippen LogP contribution in [-0.2, 0) is 19.2 Å². The second kappa shape index (κ2) is 16.0. The summed E-state index contributed by atoms with van der Waals surface area (Å²) in [5.41, 5.74) is 6.14. The third-order valence-electron chi connectivity index (χ3n) is 8.51. The molecule has 2 aliphatic rings. The van der Waals surface area contributed by atoms with Gasteiger partial charge in [-0.3, -0.25) is 24.1 Å². The highest BCUT2D eigenvalue weighted by atomic mass is 32.2. The van der Waals surface area contributed by atoms with E-state index in [0.29, 0.717) is 14.0 Å². The number of hydrogen-bond acceptors (Lipinski definition) is 11. The molecule has 0 saturated carbocycles. The lowest BCUT2D eigenvalue weighted by atomic mass is 10.0. The first kappa shape index (κ1) is 37.6. The SMILES string of the molecule is Cc1ccc(N(c2ccc(-c3ccc(/C=C4\SC(=S)N(CC(=O)O)C4=O)s3)cc2)c2ccc(-c3ccc(/C=C4/SC(=S)C(CC(=O)O)C4=O)s3)cc2)cc1. The number of ketones is 1. The molecule has 54 heavy (non-hydrogen) atoms. The van der Waals surface area contributed by atoms with Crippen LogP contribution in [-0.4, -0.2) is 53.8 Å². The summed E-state index contributed by atoms with van der Waals surface area (Å²) in [6.07, 6.45) is 3.26. The number of allylic oxidation sites excluding steroid dienone is 1. The van der Waals surface area contributed by atoms with Crippen molar-refractivity contribution < 1.29 is 29.4 Å². The molecule has 4 heterocycles. The zero-order valence-electron chi connectivity index (χ0n) is 28.3. The molecular weight excluding hydrogens is 797 g/mol. The Hall–Kier alpha value is -4.70. The number of thioether (sulfide) groups is 2. The molecule has 2 aliphatic heterocycles. The van der Waals surface area contributed by atoms with E-state index in [4.69, 9.17) is 34.6 Å². The van der Waals surface area contributed by atoms with Crippen molar-refractivity contribution in [2.24, 2.45) is 5.92 Å². The van der Waals surface area contributed by atoms with E-state index >= 15 is 0 Å². The molecule has 2 fully saturated rings. The molecule has 8 nitrogen and oxygen atoms in total. The predicted molar refractivity (Wildman–Crippen MR) is 229 cm³/mol. The largest absolute Gasteiger partial charge is 0.481 e. The van der Waals surface area contributed by atoms with Gasteiger partial charge in [0.1, 0.15) is 10.9 Å². The molecule has 1 amide bonds. The third kappa shape index (κ3) is 8.19. The Balaban J connectivity index is 1.10. The van der Waals surface area contributed by atoms with Gasteiger partial charge in [-0.05, 0) is 90.9 Å². The summed E-state index contributed by atoms with van der Waals surface area (Å²) < 4.78 is 0.639. The molecule has 2 N–H and O–H groups in total. The number of carboxylic acids is 2. The van der Waals surface area contributed by atoms with E-state index < -0.39 is 30.3 Å². The molecule has 0 radical (unpaired) electrons. The van der Waals surface area contributed by atoms with Crippen LogP contribution in [0.15, 0.2) is 107 Å². The molecule has 270 valence electrons. The van der Waals surface area contributed by atoms with Crippen molar-refractivity contribution in [3.63, 3.8) is 0 Å². The number of amides is 1. The predicted octanol–water partition coefficient (Wildman–Crippen LogP) is 10.3. The molecule has 7 rings (SSSR count). The van der Waals surface area contributed by atoms with Crippen LogP contribution in [0, 0.1) is 12.8 Å². The second-order valence-corrected chi connectivity index (χ2v) is 18.0. The number of benzene rings is 3. The molecule has 5 aromatic rings. The van der Waals surface area contributed by atoms with Crippen molar-refractivity contribution in [2.75, 3.05) is 11.4 Å². The van der Waals surface area contributed by atoms with Crippen molar-refractivity contribution in [1.82, 2.24) is 4.90 Å². The van der Waals surface area contributed by atoms with Gasteiger partial charge in [0.05, 0.1) is 26.3 Å². The van der Waals surface area contributed by atoms with E-state index in [1.807, 2.05) is 24.3 Å². The second-order valence-electron chi connectivity index (χ2n) is 12.3. The highest BCUT2D eigenvalue weighted by Crippen LogP contribution is 2.41. The minimum Gasteiger partial charge on any atom is -0.481 e. The Bertz CT molecular complexity index is 2250. The average Bonchev–Trinajstić information content (AvgIpc) is 3.93. The third-order valence-corrected chi connectivity index (χ3v) is 13.6. The van der Waals surface area contributed by atoms with Gasteiger partial charge in [-0.1, -0.05) is 89.9 Å². The maximum absolute atomic E-state index is 12.8. The highest BCUT2D eigenvalue weighted by molar-refractivity contribution is 8.27. The van der Waals surface area contributed by atoms with E-state index in [0.717, 1.165) is 69.9 Å². The van der Waals surface area contributed by atoms with Gasteiger partial charge in [-0.25, -0.2) is 0 Å². The van der Waals surface area contributed by atoms with Gasteiger partial charge in [0.2, 0.25) is 0 Å². The van der Waals surface area contributed by atoms with Crippen LogP contribution in [0.25, 0.3) is 33.0 Å².